The number of nitrogens with one attached hydrogen (secondary N) is 1. The highest BCUT2D eigenvalue weighted by atomic mass is 35.5. The van der Waals surface area contributed by atoms with Crippen LogP contribution in [-0.2, 0) is 10.0 Å². The third-order valence-corrected chi connectivity index (χ3v) is 5.09. The van der Waals surface area contributed by atoms with Crippen molar-refractivity contribution < 1.29 is 12.8 Å². The number of thiophene rings is 1. The van der Waals surface area contributed by atoms with Gasteiger partial charge in [-0.3, -0.25) is 4.72 Å². The van der Waals surface area contributed by atoms with Crippen LogP contribution in [0, 0.1) is 5.82 Å². The molecule has 0 atom stereocenters. The molecule has 18 heavy (non-hydrogen) atoms. The van der Waals surface area contributed by atoms with Crippen molar-refractivity contribution in [1.29, 1.82) is 0 Å². The Kier molecular flexibility index (Phi) is 3.47. The summed E-state index contributed by atoms with van der Waals surface area (Å²) in [5.74, 6) is -0.701. The van der Waals surface area contributed by atoms with Gasteiger partial charge in [0.15, 0.2) is 0 Å². The van der Waals surface area contributed by atoms with Crippen LogP contribution in [0.1, 0.15) is 0 Å². The number of benzene rings is 1. The molecule has 2 aromatic rings. The number of halogens is 2. The maximum atomic E-state index is 13.4. The first-order valence-corrected chi connectivity index (χ1v) is 7.44. The second kappa shape index (κ2) is 4.75. The second-order valence-corrected chi connectivity index (χ2v) is 6.69. The van der Waals surface area contributed by atoms with Gasteiger partial charge in [-0.25, -0.2) is 12.8 Å². The second-order valence-electron chi connectivity index (χ2n) is 3.43. The number of hydrogen-bond acceptors (Lipinski definition) is 4. The van der Waals surface area contributed by atoms with E-state index in [1.807, 2.05) is 0 Å². The molecule has 1 aromatic carbocycles. The molecule has 0 aliphatic carbocycles. The summed E-state index contributed by atoms with van der Waals surface area (Å²) < 4.78 is 39.4. The summed E-state index contributed by atoms with van der Waals surface area (Å²) in [6.45, 7) is 0. The lowest BCUT2D eigenvalue weighted by Gasteiger charge is -2.07. The highest BCUT2D eigenvalue weighted by Gasteiger charge is 2.18. The number of sulfonamides is 1. The zero-order valence-electron chi connectivity index (χ0n) is 8.85. The highest BCUT2D eigenvalue weighted by molar-refractivity contribution is 7.94. The predicted octanol–water partition coefficient (Wildman–Crippen LogP) is 2.92. The third-order valence-electron chi connectivity index (χ3n) is 2.03. The maximum absolute atomic E-state index is 13.4. The Bertz CT molecular complexity index is 685. The highest BCUT2D eigenvalue weighted by Crippen LogP contribution is 2.26. The number of anilines is 2. The van der Waals surface area contributed by atoms with Crippen LogP contribution in [0.2, 0.25) is 5.02 Å². The quantitative estimate of drug-likeness (QED) is 0.916. The summed E-state index contributed by atoms with van der Waals surface area (Å²) in [5.41, 5.74) is 5.59. The van der Waals surface area contributed by atoms with Crippen LogP contribution in [0.3, 0.4) is 0 Å². The Morgan fingerprint density at radius 3 is 2.67 bits per heavy atom. The largest absolute Gasteiger partial charge is 0.398 e. The van der Waals surface area contributed by atoms with E-state index >= 15 is 0 Å². The summed E-state index contributed by atoms with van der Waals surface area (Å²) >= 11 is 6.63. The number of nitrogens with two attached hydrogens (primary N) is 1. The summed E-state index contributed by atoms with van der Waals surface area (Å²) in [5, 5.41) is 1.72. The molecule has 0 aliphatic heterocycles. The first-order valence-electron chi connectivity index (χ1n) is 4.70. The van der Waals surface area contributed by atoms with Crippen molar-refractivity contribution in [1.82, 2.24) is 0 Å². The molecule has 0 bridgehead atoms. The van der Waals surface area contributed by atoms with E-state index in [-0.39, 0.29) is 14.9 Å². The van der Waals surface area contributed by atoms with Crippen molar-refractivity contribution in [2.45, 2.75) is 4.21 Å². The van der Waals surface area contributed by atoms with E-state index in [9.17, 15) is 12.8 Å². The molecular formula is C10H8ClFN2O2S2. The van der Waals surface area contributed by atoms with Crippen LogP contribution in [0.15, 0.2) is 33.9 Å². The Balaban J connectivity index is 2.36. The molecule has 0 aliphatic rings. The molecule has 0 saturated heterocycles. The van der Waals surface area contributed by atoms with Gasteiger partial charge in [0.05, 0.1) is 5.69 Å². The lowest BCUT2D eigenvalue weighted by atomic mass is 10.3. The van der Waals surface area contributed by atoms with E-state index in [0.717, 1.165) is 17.4 Å². The van der Waals surface area contributed by atoms with Crippen LogP contribution in [0.25, 0.3) is 0 Å². The fourth-order valence-electron chi connectivity index (χ4n) is 1.24. The van der Waals surface area contributed by atoms with Gasteiger partial charge in [-0.2, -0.15) is 0 Å². The molecule has 4 nitrogen and oxygen atoms in total. The van der Waals surface area contributed by atoms with E-state index in [1.165, 1.54) is 23.6 Å². The van der Waals surface area contributed by atoms with Crippen molar-refractivity contribution in [2.75, 3.05) is 10.5 Å². The predicted molar refractivity (Wildman–Crippen MR) is 70.9 cm³/mol. The molecule has 8 heteroatoms. The lowest BCUT2D eigenvalue weighted by Crippen LogP contribution is -2.12. The summed E-state index contributed by atoms with van der Waals surface area (Å²) in [4.78, 5) is 0. The molecule has 0 radical (unpaired) electrons. The Morgan fingerprint density at radius 1 is 1.33 bits per heavy atom. The topological polar surface area (TPSA) is 72.2 Å². The fraction of sp³-hybridized carbons (Fsp3) is 0. The SMILES string of the molecule is Nc1csc(S(=O)(=O)Nc2cc(Cl)ccc2F)c1. The smallest absolute Gasteiger partial charge is 0.271 e. The van der Waals surface area contributed by atoms with Gasteiger partial charge in [0.25, 0.3) is 10.0 Å². The van der Waals surface area contributed by atoms with Crippen LogP contribution in [0.4, 0.5) is 15.8 Å². The maximum Gasteiger partial charge on any atom is 0.271 e. The number of hydrogen-bond donors (Lipinski definition) is 2. The zero-order valence-corrected chi connectivity index (χ0v) is 11.2. The van der Waals surface area contributed by atoms with Gasteiger partial charge in [-0.1, -0.05) is 11.6 Å². The minimum atomic E-state index is -3.84. The van der Waals surface area contributed by atoms with Gasteiger partial charge in [0.1, 0.15) is 10.0 Å². The average molecular weight is 307 g/mol. The Morgan fingerprint density at radius 2 is 2.06 bits per heavy atom. The molecular weight excluding hydrogens is 299 g/mol. The van der Waals surface area contributed by atoms with Gasteiger partial charge in [0, 0.05) is 16.1 Å². The minimum Gasteiger partial charge on any atom is -0.398 e. The zero-order chi connectivity index (χ0) is 13.3. The van der Waals surface area contributed by atoms with Gasteiger partial charge in [-0.15, -0.1) is 11.3 Å². The molecule has 2 rings (SSSR count). The Labute approximate surface area is 112 Å². The van der Waals surface area contributed by atoms with Gasteiger partial charge >= 0.3 is 0 Å². The van der Waals surface area contributed by atoms with Crippen LogP contribution in [-0.4, -0.2) is 8.42 Å². The normalized spacial score (nSPS) is 11.4. The molecule has 1 heterocycles. The number of nitrogen functional groups attached to an aromatic ring is 1. The Hall–Kier alpha value is -1.31. The third kappa shape index (κ3) is 2.74. The first kappa shape index (κ1) is 13.1. The average Bonchev–Trinajstić information content (AvgIpc) is 2.71. The monoisotopic (exact) mass is 306 g/mol. The molecule has 0 saturated carbocycles. The van der Waals surface area contributed by atoms with E-state index in [0.29, 0.717) is 5.69 Å². The first-order chi connectivity index (χ1) is 8.38. The summed E-state index contributed by atoms with van der Waals surface area (Å²) in [7, 11) is -3.84. The van der Waals surface area contributed by atoms with Crippen molar-refractivity contribution in [2.24, 2.45) is 0 Å². The molecule has 3 N–H and O–H groups in total. The lowest BCUT2D eigenvalue weighted by molar-refractivity contribution is 0.600. The summed E-state index contributed by atoms with van der Waals surface area (Å²) in [6, 6.07) is 4.92. The minimum absolute atomic E-state index is 0.0133. The van der Waals surface area contributed by atoms with Gasteiger partial charge < -0.3 is 5.73 Å². The number of rotatable bonds is 3. The molecule has 0 spiro atoms. The molecule has 96 valence electrons. The van der Waals surface area contributed by atoms with Crippen LogP contribution >= 0.6 is 22.9 Å². The van der Waals surface area contributed by atoms with E-state index in [1.54, 1.807) is 0 Å². The summed E-state index contributed by atoms with van der Waals surface area (Å²) in [6.07, 6.45) is 0. The van der Waals surface area contributed by atoms with Crippen LogP contribution < -0.4 is 10.5 Å². The van der Waals surface area contributed by atoms with E-state index in [2.05, 4.69) is 4.72 Å². The van der Waals surface area contributed by atoms with Crippen molar-refractivity contribution in [3.05, 3.63) is 40.5 Å². The van der Waals surface area contributed by atoms with Crippen molar-refractivity contribution >= 4 is 44.3 Å². The van der Waals surface area contributed by atoms with Gasteiger partial charge in [-0.05, 0) is 24.3 Å². The molecule has 1 aromatic heterocycles. The van der Waals surface area contributed by atoms with E-state index < -0.39 is 15.8 Å². The molecule has 0 unspecified atom stereocenters. The van der Waals surface area contributed by atoms with E-state index in [4.69, 9.17) is 17.3 Å². The van der Waals surface area contributed by atoms with Crippen molar-refractivity contribution in [3.63, 3.8) is 0 Å². The molecule has 0 fully saturated rings. The fourth-order valence-corrected chi connectivity index (χ4v) is 3.55. The van der Waals surface area contributed by atoms with Gasteiger partial charge in [0.2, 0.25) is 0 Å². The van der Waals surface area contributed by atoms with Crippen LogP contribution in [0.5, 0.6) is 0 Å². The molecule has 0 amide bonds. The standard InChI is InChI=1S/C10H8ClFN2O2S2/c11-6-1-2-8(12)9(3-6)14-18(15,16)10-4-7(13)5-17-10/h1-5,14H,13H2. The van der Waals surface area contributed by atoms with Crippen molar-refractivity contribution in [3.8, 4) is 0 Å².